The summed E-state index contributed by atoms with van der Waals surface area (Å²) >= 11 is 0. The van der Waals surface area contributed by atoms with Crippen molar-refractivity contribution in [1.82, 2.24) is 0 Å². The van der Waals surface area contributed by atoms with Crippen molar-refractivity contribution in [1.29, 1.82) is 0 Å². The maximum Gasteiger partial charge on any atom is 0.338 e. The summed E-state index contributed by atoms with van der Waals surface area (Å²) < 4.78 is 4.57. The van der Waals surface area contributed by atoms with Crippen molar-refractivity contribution in [3.05, 3.63) is 63.7 Å². The van der Waals surface area contributed by atoms with Gasteiger partial charge < -0.3 is 4.74 Å². The van der Waals surface area contributed by atoms with Gasteiger partial charge in [0.2, 0.25) is 0 Å². The number of ether oxygens (including phenoxy) is 1. The Labute approximate surface area is 116 Å². The number of benzene rings is 2. The average molecular weight is 271 g/mol. The molecule has 0 amide bonds. The van der Waals surface area contributed by atoms with E-state index in [0.717, 1.165) is 11.1 Å². The summed E-state index contributed by atoms with van der Waals surface area (Å²) in [5.74, 6) is -0.594. The quantitative estimate of drug-likeness (QED) is 0.487. The van der Waals surface area contributed by atoms with Gasteiger partial charge in [0, 0.05) is 6.07 Å². The minimum absolute atomic E-state index is 0.114. The summed E-state index contributed by atoms with van der Waals surface area (Å²) in [6.45, 7) is 1.94. The van der Waals surface area contributed by atoms with Gasteiger partial charge in [0.25, 0.3) is 5.69 Å². The molecule has 0 unspecified atom stereocenters. The molecule has 102 valence electrons. The van der Waals surface area contributed by atoms with Gasteiger partial charge in [-0.15, -0.1) is 0 Å². The van der Waals surface area contributed by atoms with E-state index < -0.39 is 10.9 Å². The minimum atomic E-state index is -0.594. The van der Waals surface area contributed by atoms with Crippen molar-refractivity contribution in [2.75, 3.05) is 7.11 Å². The number of aryl methyl sites for hydroxylation is 1. The van der Waals surface area contributed by atoms with Crippen molar-refractivity contribution in [3.8, 4) is 11.1 Å². The van der Waals surface area contributed by atoms with Crippen LogP contribution in [0, 0.1) is 17.0 Å². The molecule has 0 aliphatic heterocycles. The molecule has 2 aromatic rings. The van der Waals surface area contributed by atoms with Gasteiger partial charge in [-0.3, -0.25) is 10.1 Å². The van der Waals surface area contributed by atoms with Crippen molar-refractivity contribution in [2.45, 2.75) is 6.92 Å². The summed E-state index contributed by atoms with van der Waals surface area (Å²) in [6.07, 6.45) is 0. The molecule has 0 N–H and O–H groups in total. The van der Waals surface area contributed by atoms with Crippen LogP contribution < -0.4 is 0 Å². The zero-order chi connectivity index (χ0) is 14.7. The zero-order valence-corrected chi connectivity index (χ0v) is 11.1. The first-order valence-corrected chi connectivity index (χ1v) is 5.96. The maximum absolute atomic E-state index is 11.4. The Morgan fingerprint density at radius 3 is 2.35 bits per heavy atom. The molecule has 5 heteroatoms. The summed E-state index contributed by atoms with van der Waals surface area (Å²) in [7, 11) is 1.24. The van der Waals surface area contributed by atoms with Crippen molar-refractivity contribution < 1.29 is 14.5 Å². The molecular weight excluding hydrogens is 258 g/mol. The maximum atomic E-state index is 11.4. The first-order chi connectivity index (χ1) is 9.52. The van der Waals surface area contributed by atoms with E-state index in [1.165, 1.54) is 19.2 Å². The zero-order valence-electron chi connectivity index (χ0n) is 11.1. The third kappa shape index (κ3) is 2.66. The SMILES string of the molecule is COC(=O)c1ccc(-c2ccc(C)cc2)c([N+](=O)[O-])c1. The number of carbonyl (C=O) groups excluding carboxylic acids is 1. The van der Waals surface area contributed by atoms with Crippen LogP contribution in [0.25, 0.3) is 11.1 Å². The molecule has 2 rings (SSSR count). The fraction of sp³-hybridized carbons (Fsp3) is 0.133. The van der Waals surface area contributed by atoms with Crippen molar-refractivity contribution >= 4 is 11.7 Å². The van der Waals surface area contributed by atoms with E-state index >= 15 is 0 Å². The molecule has 0 heterocycles. The Hall–Kier alpha value is -2.69. The van der Waals surface area contributed by atoms with Gasteiger partial charge in [0.1, 0.15) is 0 Å². The third-order valence-electron chi connectivity index (χ3n) is 2.98. The van der Waals surface area contributed by atoms with Crippen molar-refractivity contribution in [3.63, 3.8) is 0 Å². The van der Waals surface area contributed by atoms with E-state index in [2.05, 4.69) is 4.74 Å². The highest BCUT2D eigenvalue weighted by Crippen LogP contribution is 2.31. The lowest BCUT2D eigenvalue weighted by molar-refractivity contribution is -0.384. The van der Waals surface area contributed by atoms with Gasteiger partial charge in [-0.25, -0.2) is 4.79 Å². The first kappa shape index (κ1) is 13.7. The highest BCUT2D eigenvalue weighted by molar-refractivity contribution is 5.92. The van der Waals surface area contributed by atoms with E-state index in [-0.39, 0.29) is 11.3 Å². The fourth-order valence-corrected chi connectivity index (χ4v) is 1.90. The van der Waals surface area contributed by atoms with Gasteiger partial charge in [0.05, 0.1) is 23.2 Å². The second kappa shape index (κ2) is 5.52. The van der Waals surface area contributed by atoms with E-state index in [0.29, 0.717) is 5.56 Å². The Kier molecular flexibility index (Phi) is 3.79. The molecule has 0 radical (unpaired) electrons. The van der Waals surface area contributed by atoms with Crippen LogP contribution in [0.1, 0.15) is 15.9 Å². The number of nitro benzene ring substituents is 1. The number of nitro groups is 1. The van der Waals surface area contributed by atoms with Gasteiger partial charge in [-0.1, -0.05) is 29.8 Å². The molecule has 20 heavy (non-hydrogen) atoms. The summed E-state index contributed by atoms with van der Waals surface area (Å²) in [4.78, 5) is 22.1. The van der Waals surface area contributed by atoms with E-state index in [1.807, 2.05) is 31.2 Å². The number of carbonyl (C=O) groups is 1. The Morgan fingerprint density at radius 2 is 1.80 bits per heavy atom. The number of methoxy groups -OCH3 is 1. The summed E-state index contributed by atoms with van der Waals surface area (Å²) in [5, 5.41) is 11.2. The Balaban J connectivity index is 2.56. The second-order valence-corrected chi connectivity index (χ2v) is 4.35. The predicted molar refractivity (Wildman–Crippen MR) is 74.6 cm³/mol. The minimum Gasteiger partial charge on any atom is -0.465 e. The van der Waals surface area contributed by atoms with Crippen LogP contribution in [0.2, 0.25) is 0 Å². The van der Waals surface area contributed by atoms with Gasteiger partial charge >= 0.3 is 5.97 Å². The van der Waals surface area contributed by atoms with Crippen LogP contribution in [0.15, 0.2) is 42.5 Å². The summed E-state index contributed by atoms with van der Waals surface area (Å²) in [6, 6.07) is 11.7. The normalized spacial score (nSPS) is 10.1. The van der Waals surface area contributed by atoms with Crippen LogP contribution in [0.4, 0.5) is 5.69 Å². The van der Waals surface area contributed by atoms with Crippen LogP contribution in [-0.2, 0) is 4.74 Å². The molecule has 2 aromatic carbocycles. The van der Waals surface area contributed by atoms with E-state index in [4.69, 9.17) is 0 Å². The Bertz CT molecular complexity index is 662. The fourth-order valence-electron chi connectivity index (χ4n) is 1.90. The molecular formula is C15H13NO4. The van der Waals surface area contributed by atoms with Gasteiger partial charge in [-0.2, -0.15) is 0 Å². The first-order valence-electron chi connectivity index (χ1n) is 5.96. The lowest BCUT2D eigenvalue weighted by Crippen LogP contribution is -2.02. The number of rotatable bonds is 3. The van der Waals surface area contributed by atoms with Crippen LogP contribution in [-0.4, -0.2) is 18.0 Å². The molecule has 0 atom stereocenters. The number of esters is 1. The van der Waals surface area contributed by atoms with Crippen molar-refractivity contribution in [2.24, 2.45) is 0 Å². The van der Waals surface area contributed by atoms with E-state index in [9.17, 15) is 14.9 Å². The molecule has 0 spiro atoms. The third-order valence-corrected chi connectivity index (χ3v) is 2.98. The molecule has 0 bridgehead atoms. The number of nitrogens with zero attached hydrogens (tertiary/aromatic N) is 1. The van der Waals surface area contributed by atoms with Crippen LogP contribution in [0.5, 0.6) is 0 Å². The number of hydrogen-bond donors (Lipinski definition) is 0. The molecule has 0 aliphatic carbocycles. The lowest BCUT2D eigenvalue weighted by atomic mass is 10.0. The Morgan fingerprint density at radius 1 is 1.15 bits per heavy atom. The molecule has 0 aromatic heterocycles. The molecule has 5 nitrogen and oxygen atoms in total. The standard InChI is InChI=1S/C15H13NO4/c1-10-3-5-11(6-4-10)13-8-7-12(15(17)20-2)9-14(13)16(18)19/h3-9H,1-2H3. The topological polar surface area (TPSA) is 69.4 Å². The predicted octanol–water partition coefficient (Wildman–Crippen LogP) is 3.36. The van der Waals surface area contributed by atoms with Crippen LogP contribution in [0.3, 0.4) is 0 Å². The molecule has 0 fully saturated rings. The van der Waals surface area contributed by atoms with Gasteiger partial charge in [0.15, 0.2) is 0 Å². The monoisotopic (exact) mass is 271 g/mol. The highest BCUT2D eigenvalue weighted by atomic mass is 16.6. The van der Waals surface area contributed by atoms with Gasteiger partial charge in [-0.05, 0) is 24.6 Å². The second-order valence-electron chi connectivity index (χ2n) is 4.35. The summed E-state index contributed by atoms with van der Waals surface area (Å²) in [5.41, 5.74) is 2.33. The lowest BCUT2D eigenvalue weighted by Gasteiger charge is -2.06. The molecule has 0 saturated carbocycles. The van der Waals surface area contributed by atoms with E-state index in [1.54, 1.807) is 6.07 Å². The largest absolute Gasteiger partial charge is 0.465 e. The van der Waals surface area contributed by atoms with Crippen LogP contribution >= 0.6 is 0 Å². The average Bonchev–Trinajstić information content (AvgIpc) is 2.46. The highest BCUT2D eigenvalue weighted by Gasteiger charge is 2.18. The molecule has 0 aliphatic rings. The number of hydrogen-bond acceptors (Lipinski definition) is 4. The molecule has 0 saturated heterocycles. The smallest absolute Gasteiger partial charge is 0.338 e.